The third-order valence-electron chi connectivity index (χ3n) is 3.54. The maximum absolute atomic E-state index is 9.85. The largest absolute Gasteiger partial charge is 0.388 e. The normalized spacial score (nSPS) is 53.9. The number of rotatable bonds is 2. The molecule has 20 heavy (non-hydrogen) atoms. The van der Waals surface area contributed by atoms with E-state index >= 15 is 0 Å². The number of hydrogen-bond acceptors (Lipinski definition) is 9. The molecule has 6 N–H and O–H groups in total. The molecular formula is C11H20O9. The van der Waals surface area contributed by atoms with Crippen LogP contribution in [-0.4, -0.2) is 92.6 Å². The lowest BCUT2D eigenvalue weighted by molar-refractivity contribution is -0.337. The van der Waals surface area contributed by atoms with Crippen LogP contribution in [0.1, 0.15) is 6.92 Å². The molecule has 118 valence electrons. The van der Waals surface area contributed by atoms with Gasteiger partial charge >= 0.3 is 0 Å². The lowest BCUT2D eigenvalue weighted by atomic mass is 9.99. The predicted molar refractivity (Wildman–Crippen MR) is 61.2 cm³/mol. The minimum atomic E-state index is -1.56. The third kappa shape index (κ3) is 2.96. The summed E-state index contributed by atoms with van der Waals surface area (Å²) in [5.41, 5.74) is 0. The average Bonchev–Trinajstić information content (AvgIpc) is 2.41. The van der Waals surface area contributed by atoms with Crippen molar-refractivity contribution in [2.45, 2.75) is 62.2 Å². The van der Waals surface area contributed by atoms with E-state index in [1.807, 2.05) is 0 Å². The first kappa shape index (κ1) is 16.0. The number of aliphatic hydroxyl groups excluding tert-OH is 6. The number of hydrogen-bond donors (Lipinski definition) is 6. The van der Waals surface area contributed by atoms with Crippen LogP contribution < -0.4 is 0 Å². The van der Waals surface area contributed by atoms with E-state index in [1.54, 1.807) is 0 Å². The van der Waals surface area contributed by atoms with E-state index in [4.69, 9.17) is 14.2 Å². The summed E-state index contributed by atoms with van der Waals surface area (Å²) in [6, 6.07) is 0. The summed E-state index contributed by atoms with van der Waals surface area (Å²) in [5.74, 6) is 0. The average molecular weight is 296 g/mol. The molecule has 0 aromatic carbocycles. The second-order valence-electron chi connectivity index (χ2n) is 5.06. The highest BCUT2D eigenvalue weighted by atomic mass is 16.7. The van der Waals surface area contributed by atoms with Crippen LogP contribution in [0.2, 0.25) is 0 Å². The van der Waals surface area contributed by atoms with Crippen molar-refractivity contribution in [2.75, 3.05) is 6.61 Å². The van der Waals surface area contributed by atoms with Crippen molar-refractivity contribution < 1.29 is 44.8 Å². The van der Waals surface area contributed by atoms with Crippen LogP contribution in [0.4, 0.5) is 0 Å². The molecule has 9 nitrogen and oxygen atoms in total. The highest BCUT2D eigenvalue weighted by Crippen LogP contribution is 2.26. The molecule has 2 aliphatic rings. The smallest absolute Gasteiger partial charge is 0.186 e. The van der Waals surface area contributed by atoms with E-state index in [0.29, 0.717) is 0 Å². The summed E-state index contributed by atoms with van der Waals surface area (Å²) >= 11 is 0. The fraction of sp³-hybridized carbons (Fsp3) is 1.00. The van der Waals surface area contributed by atoms with Gasteiger partial charge in [-0.1, -0.05) is 0 Å². The molecule has 0 saturated carbocycles. The molecule has 0 aromatic rings. The van der Waals surface area contributed by atoms with Gasteiger partial charge in [-0.05, 0) is 6.92 Å². The van der Waals surface area contributed by atoms with Gasteiger partial charge in [0.2, 0.25) is 0 Å². The van der Waals surface area contributed by atoms with Crippen LogP contribution in [0.15, 0.2) is 0 Å². The summed E-state index contributed by atoms with van der Waals surface area (Å²) in [6.07, 6.45) is -11.9. The maximum atomic E-state index is 9.85. The molecule has 9 atom stereocenters. The first-order chi connectivity index (χ1) is 9.32. The van der Waals surface area contributed by atoms with Crippen LogP contribution in [0.3, 0.4) is 0 Å². The lowest BCUT2D eigenvalue weighted by Crippen LogP contribution is -2.61. The predicted octanol–water partition coefficient (Wildman–Crippen LogP) is -3.73. The van der Waals surface area contributed by atoms with E-state index in [9.17, 15) is 30.6 Å². The van der Waals surface area contributed by atoms with E-state index in [-0.39, 0.29) is 6.61 Å². The second-order valence-corrected chi connectivity index (χ2v) is 5.06. The molecule has 2 saturated heterocycles. The van der Waals surface area contributed by atoms with E-state index in [1.165, 1.54) is 6.92 Å². The maximum Gasteiger partial charge on any atom is 0.186 e. The van der Waals surface area contributed by atoms with E-state index in [0.717, 1.165) is 0 Å². The van der Waals surface area contributed by atoms with E-state index < -0.39 is 55.3 Å². The molecule has 0 aliphatic carbocycles. The Morgan fingerprint density at radius 3 is 2.20 bits per heavy atom. The first-order valence-electron chi connectivity index (χ1n) is 6.34. The van der Waals surface area contributed by atoms with Gasteiger partial charge < -0.3 is 44.8 Å². The lowest BCUT2D eigenvalue weighted by Gasteiger charge is -2.43. The molecule has 0 bridgehead atoms. The summed E-state index contributed by atoms with van der Waals surface area (Å²) in [5, 5.41) is 57.3. The fourth-order valence-corrected chi connectivity index (χ4v) is 2.26. The monoisotopic (exact) mass is 296 g/mol. The van der Waals surface area contributed by atoms with Crippen molar-refractivity contribution in [2.24, 2.45) is 0 Å². The Morgan fingerprint density at radius 1 is 0.900 bits per heavy atom. The Bertz CT molecular complexity index is 327. The number of aliphatic hydroxyl groups is 6. The molecule has 2 heterocycles. The standard InChI is InChI=1S/C11H20O9/c1-3-9(6(14)7(15)10(17)19-3)20-11-8(16)5(13)4(12)2-18-11/h3-17H,2H2,1H3/t3-,4+,5-,6-,7+,8+,9-,10?,11-/m0/s1. The molecule has 0 amide bonds. The fourth-order valence-electron chi connectivity index (χ4n) is 2.26. The minimum absolute atomic E-state index is 0.244. The zero-order valence-electron chi connectivity index (χ0n) is 10.8. The highest BCUT2D eigenvalue weighted by molar-refractivity contribution is 4.90. The Hall–Kier alpha value is -0.360. The van der Waals surface area contributed by atoms with Gasteiger partial charge in [-0.2, -0.15) is 0 Å². The van der Waals surface area contributed by atoms with Gasteiger partial charge in [-0.25, -0.2) is 0 Å². The van der Waals surface area contributed by atoms with Crippen LogP contribution in [0.5, 0.6) is 0 Å². The molecular weight excluding hydrogens is 276 g/mol. The van der Waals surface area contributed by atoms with Gasteiger partial charge in [0.25, 0.3) is 0 Å². The van der Waals surface area contributed by atoms with Gasteiger partial charge in [0.05, 0.1) is 12.7 Å². The van der Waals surface area contributed by atoms with Crippen molar-refractivity contribution in [3.8, 4) is 0 Å². The molecule has 0 aromatic heterocycles. The molecule has 1 unspecified atom stereocenters. The zero-order chi connectivity index (χ0) is 15.0. The van der Waals surface area contributed by atoms with Gasteiger partial charge in [-0.15, -0.1) is 0 Å². The SMILES string of the molecule is C[C@@H]1OC(O)[C@H](O)[C@H](O)[C@H]1O[C@@H]1OC[C@@H](O)[C@H](O)[C@H]1O. The van der Waals surface area contributed by atoms with Crippen LogP contribution in [-0.2, 0) is 14.2 Å². The van der Waals surface area contributed by atoms with Gasteiger partial charge in [-0.3, -0.25) is 0 Å². The minimum Gasteiger partial charge on any atom is -0.388 e. The molecule has 0 spiro atoms. The molecule has 2 fully saturated rings. The van der Waals surface area contributed by atoms with Crippen molar-refractivity contribution in [1.82, 2.24) is 0 Å². The van der Waals surface area contributed by atoms with Crippen LogP contribution >= 0.6 is 0 Å². The van der Waals surface area contributed by atoms with Crippen molar-refractivity contribution >= 4 is 0 Å². The summed E-state index contributed by atoms with van der Waals surface area (Å²) in [6.45, 7) is 1.26. The molecule has 2 rings (SSSR count). The Labute approximate surface area is 114 Å². The quantitative estimate of drug-likeness (QED) is 0.302. The van der Waals surface area contributed by atoms with Crippen molar-refractivity contribution in [1.29, 1.82) is 0 Å². The second kappa shape index (κ2) is 6.18. The van der Waals surface area contributed by atoms with Gasteiger partial charge in [0, 0.05) is 0 Å². The molecule has 0 radical (unpaired) electrons. The molecule has 9 heteroatoms. The Kier molecular flexibility index (Phi) is 4.95. The molecule has 2 aliphatic heterocycles. The highest BCUT2D eigenvalue weighted by Gasteiger charge is 2.46. The summed E-state index contributed by atoms with van der Waals surface area (Å²) < 4.78 is 15.3. The van der Waals surface area contributed by atoms with E-state index in [2.05, 4.69) is 0 Å². The van der Waals surface area contributed by atoms with Crippen molar-refractivity contribution in [3.05, 3.63) is 0 Å². The van der Waals surface area contributed by atoms with Crippen molar-refractivity contribution in [3.63, 3.8) is 0 Å². The number of ether oxygens (including phenoxy) is 3. The Morgan fingerprint density at radius 2 is 1.55 bits per heavy atom. The van der Waals surface area contributed by atoms with Crippen LogP contribution in [0, 0.1) is 0 Å². The van der Waals surface area contributed by atoms with Crippen LogP contribution in [0.25, 0.3) is 0 Å². The zero-order valence-corrected chi connectivity index (χ0v) is 10.8. The van der Waals surface area contributed by atoms with Gasteiger partial charge in [0.1, 0.15) is 36.6 Å². The summed E-state index contributed by atoms with van der Waals surface area (Å²) in [4.78, 5) is 0. The Balaban J connectivity index is 2.01. The topological polar surface area (TPSA) is 149 Å². The summed E-state index contributed by atoms with van der Waals surface area (Å²) in [7, 11) is 0. The first-order valence-corrected chi connectivity index (χ1v) is 6.34. The third-order valence-corrected chi connectivity index (χ3v) is 3.54. The van der Waals surface area contributed by atoms with Gasteiger partial charge in [0.15, 0.2) is 12.6 Å².